The lowest BCUT2D eigenvalue weighted by Gasteiger charge is -2.29. The fraction of sp³-hybridized carbons (Fsp3) is 0.708. The van der Waals surface area contributed by atoms with Gasteiger partial charge >= 0.3 is 0 Å². The lowest BCUT2D eigenvalue weighted by molar-refractivity contribution is 0.0934. The van der Waals surface area contributed by atoms with E-state index in [1.165, 1.54) is 0 Å². The Balaban J connectivity index is 1.78. The first kappa shape index (κ1) is 23.5. The number of nitrogens with zero attached hydrogens (tertiary/aromatic N) is 2. The smallest absolute Gasteiger partial charge is 0.256 e. The van der Waals surface area contributed by atoms with Gasteiger partial charge in [-0.15, -0.1) is 0 Å². The molecule has 1 aromatic rings. The van der Waals surface area contributed by atoms with Crippen LogP contribution in [0.2, 0.25) is 0 Å². The molecule has 1 aliphatic heterocycles. The summed E-state index contributed by atoms with van der Waals surface area (Å²) in [5, 5.41) is 5.82. The van der Waals surface area contributed by atoms with Crippen LogP contribution in [-0.4, -0.2) is 54.5 Å². The summed E-state index contributed by atoms with van der Waals surface area (Å²) in [6.45, 7) is 7.29. The van der Waals surface area contributed by atoms with Crippen LogP contribution in [-0.2, 0) is 0 Å². The number of hydrogen-bond donors (Lipinski definition) is 2. The number of rotatable bonds is 8. The van der Waals surface area contributed by atoms with Gasteiger partial charge in [0.15, 0.2) is 0 Å². The average molecular weight is 431 g/mol. The lowest BCUT2D eigenvalue weighted by atomic mass is 9.98. The van der Waals surface area contributed by atoms with E-state index in [9.17, 15) is 14.4 Å². The molecule has 2 aliphatic rings. The van der Waals surface area contributed by atoms with Gasteiger partial charge in [0.05, 0.1) is 0 Å². The Hall–Kier alpha value is -2.15. The molecular weight excluding hydrogens is 392 g/mol. The van der Waals surface area contributed by atoms with Crippen molar-refractivity contribution in [3.8, 4) is 0 Å². The maximum atomic E-state index is 13.1. The van der Waals surface area contributed by atoms with E-state index in [4.69, 9.17) is 0 Å². The monoisotopic (exact) mass is 430 g/mol. The van der Waals surface area contributed by atoms with Crippen LogP contribution in [0.5, 0.6) is 0 Å². The molecule has 0 radical (unpaired) electrons. The van der Waals surface area contributed by atoms with Gasteiger partial charge in [-0.05, 0) is 57.5 Å². The number of carbonyl (C=O) groups excluding carboxylic acids is 2. The Labute approximate surface area is 185 Å². The zero-order chi connectivity index (χ0) is 22.4. The molecule has 0 unspecified atom stereocenters. The van der Waals surface area contributed by atoms with Gasteiger partial charge in [0.2, 0.25) is 5.43 Å². The van der Waals surface area contributed by atoms with Crippen LogP contribution in [0.1, 0.15) is 85.6 Å². The molecule has 1 saturated carbocycles. The number of carbonyl (C=O) groups is 2. The van der Waals surface area contributed by atoms with Gasteiger partial charge in [0.25, 0.3) is 11.8 Å². The molecular formula is C24H38N4O3. The Morgan fingerprint density at radius 1 is 1.03 bits per heavy atom. The molecule has 172 valence electrons. The summed E-state index contributed by atoms with van der Waals surface area (Å²) in [6.07, 6.45) is 10.6. The van der Waals surface area contributed by atoms with E-state index < -0.39 is 5.43 Å². The highest BCUT2D eigenvalue weighted by Crippen LogP contribution is 2.29. The van der Waals surface area contributed by atoms with Crippen molar-refractivity contribution in [1.29, 1.82) is 0 Å². The van der Waals surface area contributed by atoms with Crippen LogP contribution < -0.4 is 16.1 Å². The molecule has 0 spiro atoms. The zero-order valence-corrected chi connectivity index (χ0v) is 19.3. The van der Waals surface area contributed by atoms with Crippen LogP contribution >= 0.6 is 0 Å². The summed E-state index contributed by atoms with van der Waals surface area (Å²) >= 11 is 0. The maximum Gasteiger partial charge on any atom is 0.256 e. The predicted molar refractivity (Wildman–Crippen MR) is 123 cm³/mol. The van der Waals surface area contributed by atoms with Gasteiger partial charge in [-0.25, -0.2) is 0 Å². The van der Waals surface area contributed by atoms with Crippen molar-refractivity contribution in [3.05, 3.63) is 33.7 Å². The number of amides is 2. The third-order valence-electron chi connectivity index (χ3n) is 6.56. The quantitative estimate of drug-likeness (QED) is 0.664. The third-order valence-corrected chi connectivity index (χ3v) is 6.56. The van der Waals surface area contributed by atoms with E-state index in [1.807, 2.05) is 4.57 Å². The van der Waals surface area contributed by atoms with Crippen molar-refractivity contribution in [2.45, 2.75) is 64.8 Å². The third kappa shape index (κ3) is 6.42. The zero-order valence-electron chi connectivity index (χ0n) is 19.3. The highest BCUT2D eigenvalue weighted by Gasteiger charge is 2.24. The molecule has 0 aromatic carbocycles. The molecule has 2 N–H and O–H groups in total. The Morgan fingerprint density at radius 2 is 1.68 bits per heavy atom. The first-order valence-electron chi connectivity index (χ1n) is 11.9. The van der Waals surface area contributed by atoms with Gasteiger partial charge < -0.3 is 20.1 Å². The summed E-state index contributed by atoms with van der Waals surface area (Å²) < 4.78 is 1.93. The van der Waals surface area contributed by atoms with Crippen molar-refractivity contribution in [2.24, 2.45) is 11.8 Å². The molecule has 7 nitrogen and oxygen atoms in total. The van der Waals surface area contributed by atoms with Crippen molar-refractivity contribution >= 4 is 11.8 Å². The van der Waals surface area contributed by atoms with E-state index in [1.54, 1.807) is 12.4 Å². The van der Waals surface area contributed by atoms with E-state index >= 15 is 0 Å². The molecule has 2 heterocycles. The lowest BCUT2D eigenvalue weighted by Crippen LogP contribution is -2.41. The second-order valence-electron chi connectivity index (χ2n) is 9.72. The molecule has 31 heavy (non-hydrogen) atoms. The number of piperidine rings is 1. The van der Waals surface area contributed by atoms with E-state index in [0.29, 0.717) is 24.9 Å². The second kappa shape index (κ2) is 10.9. The number of hydrogen-bond acceptors (Lipinski definition) is 4. The summed E-state index contributed by atoms with van der Waals surface area (Å²) in [5.74, 6) is 0.0939. The van der Waals surface area contributed by atoms with Gasteiger partial charge in [-0.2, -0.15) is 0 Å². The van der Waals surface area contributed by atoms with Crippen LogP contribution in [0.15, 0.2) is 17.2 Å². The van der Waals surface area contributed by atoms with Crippen LogP contribution in [0.4, 0.5) is 0 Å². The minimum absolute atomic E-state index is 0.0701. The molecule has 1 aliphatic carbocycles. The summed E-state index contributed by atoms with van der Waals surface area (Å²) in [7, 11) is 2.09. The average Bonchev–Trinajstić information content (AvgIpc) is 3.27. The summed E-state index contributed by atoms with van der Waals surface area (Å²) in [5.41, 5.74) is -0.331. The summed E-state index contributed by atoms with van der Waals surface area (Å²) in [4.78, 5) is 41.1. The Morgan fingerprint density at radius 3 is 2.29 bits per heavy atom. The Bertz CT molecular complexity index is 827. The number of pyridine rings is 1. The first-order valence-corrected chi connectivity index (χ1v) is 11.9. The van der Waals surface area contributed by atoms with Gasteiger partial charge in [0.1, 0.15) is 11.1 Å². The van der Waals surface area contributed by atoms with Crippen molar-refractivity contribution < 1.29 is 9.59 Å². The van der Waals surface area contributed by atoms with E-state index in [2.05, 4.69) is 36.4 Å². The second-order valence-corrected chi connectivity index (χ2v) is 9.72. The molecule has 1 aromatic heterocycles. The highest BCUT2D eigenvalue weighted by atomic mass is 16.2. The number of likely N-dealkylation sites (tertiary alicyclic amines) is 1. The molecule has 7 heteroatoms. The van der Waals surface area contributed by atoms with Crippen molar-refractivity contribution in [2.75, 3.05) is 33.2 Å². The van der Waals surface area contributed by atoms with Crippen molar-refractivity contribution in [3.63, 3.8) is 0 Å². The van der Waals surface area contributed by atoms with Gasteiger partial charge in [0, 0.05) is 38.1 Å². The fourth-order valence-corrected chi connectivity index (χ4v) is 4.68. The summed E-state index contributed by atoms with van der Waals surface area (Å²) in [6, 6.07) is 0.237. The predicted octanol–water partition coefficient (Wildman–Crippen LogP) is 2.81. The standard InChI is InChI=1S/C24H38N4O3/c1-17(2)10-11-25-23(30)20-15-28(19-8-4-5-9-19)16-21(22(20)29)24(31)26-13-18-7-6-12-27(3)14-18/h15-19H,4-14H2,1-3H3,(H,25,30)(H,26,31)/t18-/m1/s1. The molecule has 0 bridgehead atoms. The van der Waals surface area contributed by atoms with E-state index in [0.717, 1.165) is 58.0 Å². The largest absolute Gasteiger partial charge is 0.352 e. The highest BCUT2D eigenvalue weighted by molar-refractivity contribution is 5.99. The molecule has 1 saturated heterocycles. The minimum atomic E-state index is -0.477. The van der Waals surface area contributed by atoms with Crippen LogP contribution in [0, 0.1) is 11.8 Å². The van der Waals surface area contributed by atoms with Crippen LogP contribution in [0.3, 0.4) is 0 Å². The Kier molecular flexibility index (Phi) is 8.29. The normalized spacial score (nSPS) is 20.2. The topological polar surface area (TPSA) is 83.4 Å². The van der Waals surface area contributed by atoms with Gasteiger partial charge in [-0.3, -0.25) is 14.4 Å². The molecule has 1 atom stereocenters. The van der Waals surface area contributed by atoms with Gasteiger partial charge in [-0.1, -0.05) is 26.7 Å². The number of aromatic nitrogens is 1. The van der Waals surface area contributed by atoms with Crippen molar-refractivity contribution in [1.82, 2.24) is 20.1 Å². The van der Waals surface area contributed by atoms with E-state index in [-0.39, 0.29) is 29.0 Å². The first-order chi connectivity index (χ1) is 14.8. The fourth-order valence-electron chi connectivity index (χ4n) is 4.68. The molecule has 3 rings (SSSR count). The SMILES string of the molecule is CC(C)CCNC(=O)c1cn(C2CCCC2)cc(C(=O)NC[C@H]2CCCN(C)C2)c1=O. The molecule has 2 amide bonds. The molecule has 2 fully saturated rings. The minimum Gasteiger partial charge on any atom is -0.352 e. The maximum absolute atomic E-state index is 13.1. The number of nitrogens with one attached hydrogen (secondary N) is 2. The van der Waals surface area contributed by atoms with Crippen LogP contribution in [0.25, 0.3) is 0 Å².